The number of rotatable bonds is 3. The molecule has 0 aliphatic heterocycles. The van der Waals surface area contributed by atoms with Gasteiger partial charge in [-0.3, -0.25) is 0 Å². The molecular formula is C11H14F3NS. The summed E-state index contributed by atoms with van der Waals surface area (Å²) < 4.78 is 38.1. The fourth-order valence-corrected chi connectivity index (χ4v) is 2.22. The molecule has 90 valence electrons. The molecule has 0 aliphatic carbocycles. The molecule has 0 spiro atoms. The van der Waals surface area contributed by atoms with Crippen molar-refractivity contribution < 1.29 is 13.2 Å². The number of benzene rings is 1. The average Bonchev–Trinajstić information content (AvgIpc) is 2.15. The largest absolute Gasteiger partial charge is 0.416 e. The topological polar surface area (TPSA) is 26.0 Å². The number of alkyl halides is 3. The van der Waals surface area contributed by atoms with Crippen LogP contribution in [0.2, 0.25) is 0 Å². The van der Waals surface area contributed by atoms with Crippen LogP contribution in [-0.4, -0.2) is 5.25 Å². The van der Waals surface area contributed by atoms with Gasteiger partial charge in [0.2, 0.25) is 0 Å². The maximum absolute atomic E-state index is 12.7. The van der Waals surface area contributed by atoms with Crippen LogP contribution in [0.5, 0.6) is 0 Å². The lowest BCUT2D eigenvalue weighted by Crippen LogP contribution is -2.12. The third kappa shape index (κ3) is 3.42. The van der Waals surface area contributed by atoms with Gasteiger partial charge < -0.3 is 5.73 Å². The van der Waals surface area contributed by atoms with Gasteiger partial charge in [0, 0.05) is 16.7 Å². The molecule has 1 aromatic carbocycles. The summed E-state index contributed by atoms with van der Waals surface area (Å²) in [5, 5.41) is 0.254. The van der Waals surface area contributed by atoms with Crippen molar-refractivity contribution in [1.82, 2.24) is 0 Å². The predicted molar refractivity (Wildman–Crippen MR) is 60.3 cm³/mol. The zero-order chi connectivity index (χ0) is 12.3. The first-order valence-corrected chi connectivity index (χ1v) is 5.79. The Morgan fingerprint density at radius 1 is 1.31 bits per heavy atom. The molecule has 0 unspecified atom stereocenters. The molecule has 0 bridgehead atoms. The van der Waals surface area contributed by atoms with Crippen molar-refractivity contribution in [3.63, 3.8) is 0 Å². The molecule has 1 nitrogen and oxygen atoms in total. The molecule has 0 radical (unpaired) electrons. The Bertz CT molecular complexity index is 361. The number of hydrogen-bond acceptors (Lipinski definition) is 2. The Morgan fingerprint density at radius 3 is 2.38 bits per heavy atom. The molecule has 0 fully saturated rings. The van der Waals surface area contributed by atoms with Crippen molar-refractivity contribution in [3.05, 3.63) is 29.3 Å². The van der Waals surface area contributed by atoms with Gasteiger partial charge in [0.05, 0.1) is 5.56 Å². The number of thioether (sulfide) groups is 1. The van der Waals surface area contributed by atoms with Crippen LogP contribution in [0, 0.1) is 0 Å². The van der Waals surface area contributed by atoms with E-state index in [1.54, 1.807) is 6.07 Å². The fraction of sp³-hybridized carbons (Fsp3) is 0.455. The molecule has 0 saturated heterocycles. The van der Waals surface area contributed by atoms with Crippen LogP contribution in [0.3, 0.4) is 0 Å². The van der Waals surface area contributed by atoms with E-state index < -0.39 is 11.7 Å². The summed E-state index contributed by atoms with van der Waals surface area (Å²) in [5.74, 6) is 0. The minimum Gasteiger partial charge on any atom is -0.326 e. The Balaban J connectivity index is 3.12. The predicted octanol–water partition coefficient (Wildman–Crippen LogP) is 3.66. The van der Waals surface area contributed by atoms with Crippen LogP contribution in [0.15, 0.2) is 23.1 Å². The summed E-state index contributed by atoms with van der Waals surface area (Å²) in [6, 6.07) is 4.31. The van der Waals surface area contributed by atoms with E-state index in [0.29, 0.717) is 4.90 Å². The van der Waals surface area contributed by atoms with Gasteiger partial charge in [0.15, 0.2) is 0 Å². The summed E-state index contributed by atoms with van der Waals surface area (Å²) in [5.41, 5.74) is 4.81. The smallest absolute Gasteiger partial charge is 0.326 e. The van der Waals surface area contributed by atoms with E-state index in [1.807, 2.05) is 13.8 Å². The second-order valence-corrected chi connectivity index (χ2v) is 5.34. The van der Waals surface area contributed by atoms with E-state index in [2.05, 4.69) is 0 Å². The fourth-order valence-electron chi connectivity index (χ4n) is 1.34. The molecule has 1 aromatic rings. The molecular weight excluding hydrogens is 235 g/mol. The summed E-state index contributed by atoms with van der Waals surface area (Å²) in [7, 11) is 0. The minimum absolute atomic E-state index is 0.0958. The summed E-state index contributed by atoms with van der Waals surface area (Å²) in [4.78, 5) is 0.625. The van der Waals surface area contributed by atoms with E-state index in [1.165, 1.54) is 23.9 Å². The van der Waals surface area contributed by atoms with E-state index in [0.717, 1.165) is 0 Å². The average molecular weight is 249 g/mol. The molecule has 16 heavy (non-hydrogen) atoms. The van der Waals surface area contributed by atoms with Gasteiger partial charge in [-0.25, -0.2) is 0 Å². The van der Waals surface area contributed by atoms with Gasteiger partial charge in [-0.05, 0) is 17.7 Å². The van der Waals surface area contributed by atoms with Gasteiger partial charge in [-0.15, -0.1) is 11.8 Å². The standard InChI is InChI=1S/C11H14F3NS/c1-7(2)16-9-4-3-8(6-15)10(5-9)11(12,13)14/h3-5,7H,6,15H2,1-2H3. The Hall–Kier alpha value is -0.680. The normalized spacial score (nSPS) is 12.2. The van der Waals surface area contributed by atoms with Crippen LogP contribution in [0.25, 0.3) is 0 Å². The van der Waals surface area contributed by atoms with Crippen molar-refractivity contribution in [2.75, 3.05) is 0 Å². The summed E-state index contributed by atoms with van der Waals surface area (Å²) in [6.45, 7) is 3.78. The lowest BCUT2D eigenvalue weighted by atomic mass is 10.1. The Morgan fingerprint density at radius 2 is 1.94 bits per heavy atom. The molecule has 1 rings (SSSR count). The molecule has 0 atom stereocenters. The van der Waals surface area contributed by atoms with E-state index in [9.17, 15) is 13.2 Å². The van der Waals surface area contributed by atoms with Crippen molar-refractivity contribution in [2.45, 2.75) is 36.7 Å². The van der Waals surface area contributed by atoms with Crippen LogP contribution in [0.4, 0.5) is 13.2 Å². The quantitative estimate of drug-likeness (QED) is 0.827. The van der Waals surface area contributed by atoms with Gasteiger partial charge in [0.1, 0.15) is 0 Å². The minimum atomic E-state index is -4.33. The molecule has 5 heteroatoms. The zero-order valence-electron chi connectivity index (χ0n) is 9.14. The first-order chi connectivity index (χ1) is 7.34. The Labute approximate surface area is 97.2 Å². The SMILES string of the molecule is CC(C)Sc1ccc(CN)c(C(F)(F)F)c1. The number of halogens is 3. The molecule has 0 amide bonds. The Kier molecular flexibility index (Phi) is 4.27. The molecule has 0 aromatic heterocycles. The van der Waals surface area contributed by atoms with Crippen molar-refractivity contribution in [3.8, 4) is 0 Å². The maximum Gasteiger partial charge on any atom is 0.416 e. The number of nitrogens with two attached hydrogens (primary N) is 1. The summed E-state index contributed by atoms with van der Waals surface area (Å²) in [6.07, 6.45) is -4.33. The van der Waals surface area contributed by atoms with E-state index in [-0.39, 0.29) is 17.4 Å². The van der Waals surface area contributed by atoms with Crippen LogP contribution >= 0.6 is 11.8 Å². The second-order valence-electron chi connectivity index (χ2n) is 3.69. The molecule has 2 N–H and O–H groups in total. The summed E-state index contributed by atoms with van der Waals surface area (Å²) >= 11 is 1.41. The zero-order valence-corrected chi connectivity index (χ0v) is 9.95. The molecule has 0 saturated carbocycles. The first kappa shape index (κ1) is 13.4. The first-order valence-electron chi connectivity index (χ1n) is 4.91. The van der Waals surface area contributed by atoms with Gasteiger partial charge >= 0.3 is 6.18 Å². The third-order valence-corrected chi connectivity index (χ3v) is 2.98. The van der Waals surface area contributed by atoms with Crippen molar-refractivity contribution in [1.29, 1.82) is 0 Å². The lowest BCUT2D eigenvalue weighted by molar-refractivity contribution is -0.138. The van der Waals surface area contributed by atoms with Crippen molar-refractivity contribution >= 4 is 11.8 Å². The van der Waals surface area contributed by atoms with Gasteiger partial charge in [-0.1, -0.05) is 19.9 Å². The van der Waals surface area contributed by atoms with Gasteiger partial charge in [0.25, 0.3) is 0 Å². The van der Waals surface area contributed by atoms with E-state index in [4.69, 9.17) is 5.73 Å². The van der Waals surface area contributed by atoms with Gasteiger partial charge in [-0.2, -0.15) is 13.2 Å². The molecule has 0 heterocycles. The highest BCUT2D eigenvalue weighted by Crippen LogP contribution is 2.35. The van der Waals surface area contributed by atoms with Crippen LogP contribution in [-0.2, 0) is 12.7 Å². The van der Waals surface area contributed by atoms with E-state index >= 15 is 0 Å². The maximum atomic E-state index is 12.7. The highest BCUT2D eigenvalue weighted by Gasteiger charge is 2.33. The number of hydrogen-bond donors (Lipinski definition) is 1. The third-order valence-electron chi connectivity index (χ3n) is 1.98. The monoisotopic (exact) mass is 249 g/mol. The van der Waals surface area contributed by atoms with Crippen LogP contribution in [0.1, 0.15) is 25.0 Å². The molecule has 0 aliphatic rings. The van der Waals surface area contributed by atoms with Crippen LogP contribution < -0.4 is 5.73 Å². The van der Waals surface area contributed by atoms with Crippen molar-refractivity contribution in [2.24, 2.45) is 5.73 Å². The lowest BCUT2D eigenvalue weighted by Gasteiger charge is -2.14. The second kappa shape index (κ2) is 5.10. The highest BCUT2D eigenvalue weighted by atomic mass is 32.2. The highest BCUT2D eigenvalue weighted by molar-refractivity contribution is 7.99.